The van der Waals surface area contributed by atoms with Gasteiger partial charge in [-0.2, -0.15) is 0 Å². The minimum absolute atomic E-state index is 0.125. The van der Waals surface area contributed by atoms with Crippen molar-refractivity contribution in [3.63, 3.8) is 0 Å². The lowest BCUT2D eigenvalue weighted by Crippen LogP contribution is -2.55. The number of nitrogens with zero attached hydrogens (tertiary/aromatic N) is 1. The highest BCUT2D eigenvalue weighted by molar-refractivity contribution is 5.77. The number of amides is 2. The Morgan fingerprint density at radius 2 is 2.33 bits per heavy atom. The van der Waals surface area contributed by atoms with Crippen LogP contribution in [0.15, 0.2) is 0 Å². The first kappa shape index (κ1) is 14.7. The maximum atomic E-state index is 11.8. The molecule has 1 saturated heterocycles. The van der Waals surface area contributed by atoms with Crippen LogP contribution in [0.2, 0.25) is 0 Å². The molecule has 8 heteroatoms. The van der Waals surface area contributed by atoms with Crippen molar-refractivity contribution >= 4 is 12.0 Å². The van der Waals surface area contributed by atoms with Gasteiger partial charge in [0.1, 0.15) is 0 Å². The van der Waals surface area contributed by atoms with Gasteiger partial charge in [0.05, 0.1) is 32.4 Å². The molecule has 2 atom stereocenters. The van der Waals surface area contributed by atoms with Crippen molar-refractivity contribution in [2.24, 2.45) is 0 Å². The Kier molecular flexibility index (Phi) is 5.83. The maximum Gasteiger partial charge on any atom is 0.334 e. The molecule has 0 aromatic heterocycles. The standard InChI is InChI=1S/C10H18N2O6/c1-17-8(9(14)15)4-11-10(16)12-2-3-18-6-7(12)5-13/h7-8,13H,2-6H2,1H3,(H,11,16)(H,14,15). The van der Waals surface area contributed by atoms with Gasteiger partial charge in [0.2, 0.25) is 0 Å². The van der Waals surface area contributed by atoms with Gasteiger partial charge in [-0.3, -0.25) is 0 Å². The Balaban J connectivity index is 2.45. The highest BCUT2D eigenvalue weighted by Crippen LogP contribution is 2.06. The third-order valence-electron chi connectivity index (χ3n) is 2.70. The molecule has 1 rings (SSSR count). The summed E-state index contributed by atoms with van der Waals surface area (Å²) in [6, 6.07) is -0.828. The van der Waals surface area contributed by atoms with Gasteiger partial charge in [-0.05, 0) is 0 Å². The van der Waals surface area contributed by atoms with Gasteiger partial charge < -0.3 is 29.9 Å². The van der Waals surface area contributed by atoms with Crippen molar-refractivity contribution in [2.75, 3.05) is 40.0 Å². The number of carboxylic acid groups (broad SMARTS) is 1. The predicted octanol–water partition coefficient (Wildman–Crippen LogP) is -1.51. The summed E-state index contributed by atoms with van der Waals surface area (Å²) in [5, 5.41) is 20.3. The van der Waals surface area contributed by atoms with Crippen molar-refractivity contribution in [3.8, 4) is 0 Å². The number of urea groups is 1. The third-order valence-corrected chi connectivity index (χ3v) is 2.70. The molecule has 2 amide bonds. The van der Waals surface area contributed by atoms with Crippen LogP contribution < -0.4 is 5.32 Å². The van der Waals surface area contributed by atoms with Crippen LogP contribution in [0.1, 0.15) is 0 Å². The molecule has 0 aromatic carbocycles. The summed E-state index contributed by atoms with van der Waals surface area (Å²) in [6.07, 6.45) is -1.08. The Labute approximate surface area is 104 Å². The summed E-state index contributed by atoms with van der Waals surface area (Å²) in [6.45, 7) is 0.717. The molecule has 0 aliphatic carbocycles. The van der Waals surface area contributed by atoms with Crippen LogP contribution in [0, 0.1) is 0 Å². The summed E-state index contributed by atoms with van der Waals surface area (Å²) >= 11 is 0. The van der Waals surface area contributed by atoms with Gasteiger partial charge in [-0.15, -0.1) is 0 Å². The fraction of sp³-hybridized carbons (Fsp3) is 0.800. The van der Waals surface area contributed by atoms with Crippen molar-refractivity contribution < 1.29 is 29.3 Å². The minimum atomic E-state index is -1.14. The number of aliphatic carboxylic acids is 1. The second-order valence-electron chi connectivity index (χ2n) is 3.85. The largest absolute Gasteiger partial charge is 0.479 e. The van der Waals surface area contributed by atoms with E-state index >= 15 is 0 Å². The van der Waals surface area contributed by atoms with Gasteiger partial charge in [-0.25, -0.2) is 9.59 Å². The van der Waals surface area contributed by atoms with Crippen LogP contribution in [0.5, 0.6) is 0 Å². The number of carbonyl (C=O) groups is 2. The summed E-state index contributed by atoms with van der Waals surface area (Å²) in [5.41, 5.74) is 0. The van der Waals surface area contributed by atoms with Crippen molar-refractivity contribution in [3.05, 3.63) is 0 Å². The van der Waals surface area contributed by atoms with E-state index < -0.39 is 24.1 Å². The molecule has 0 spiro atoms. The van der Waals surface area contributed by atoms with Gasteiger partial charge in [-0.1, -0.05) is 0 Å². The number of rotatable bonds is 5. The zero-order chi connectivity index (χ0) is 13.5. The van der Waals surface area contributed by atoms with E-state index in [1.54, 1.807) is 0 Å². The Hall–Kier alpha value is -1.38. The fourth-order valence-electron chi connectivity index (χ4n) is 1.63. The van der Waals surface area contributed by atoms with E-state index in [1.807, 2.05) is 0 Å². The zero-order valence-electron chi connectivity index (χ0n) is 10.2. The summed E-state index contributed by atoms with van der Waals surface area (Å²) < 4.78 is 9.83. The molecule has 2 unspecified atom stereocenters. The van der Waals surface area contributed by atoms with Gasteiger partial charge >= 0.3 is 12.0 Å². The Morgan fingerprint density at radius 3 is 2.89 bits per heavy atom. The number of methoxy groups -OCH3 is 1. The molecule has 0 aromatic rings. The fourth-order valence-corrected chi connectivity index (χ4v) is 1.63. The van der Waals surface area contributed by atoms with Crippen LogP contribution in [-0.2, 0) is 14.3 Å². The molecule has 1 aliphatic heterocycles. The highest BCUT2D eigenvalue weighted by Gasteiger charge is 2.27. The second-order valence-corrected chi connectivity index (χ2v) is 3.85. The number of aliphatic hydroxyl groups excluding tert-OH is 1. The van der Waals surface area contributed by atoms with E-state index in [1.165, 1.54) is 12.0 Å². The number of morpholine rings is 1. The van der Waals surface area contributed by atoms with E-state index in [0.29, 0.717) is 13.2 Å². The number of hydrogen-bond donors (Lipinski definition) is 3. The molecular formula is C10H18N2O6. The summed E-state index contributed by atoms with van der Waals surface area (Å²) in [7, 11) is 1.26. The van der Waals surface area contributed by atoms with Crippen molar-refractivity contribution in [1.82, 2.24) is 10.2 Å². The molecule has 3 N–H and O–H groups in total. The summed E-state index contributed by atoms with van der Waals surface area (Å²) in [4.78, 5) is 23.9. The third kappa shape index (κ3) is 3.83. The van der Waals surface area contributed by atoms with E-state index in [2.05, 4.69) is 5.32 Å². The lowest BCUT2D eigenvalue weighted by atomic mass is 10.2. The first-order chi connectivity index (χ1) is 8.60. The number of aliphatic hydroxyl groups is 1. The molecule has 18 heavy (non-hydrogen) atoms. The second kappa shape index (κ2) is 7.14. The average Bonchev–Trinajstić information content (AvgIpc) is 2.38. The SMILES string of the molecule is COC(CNC(=O)N1CCOCC1CO)C(=O)O. The van der Waals surface area contributed by atoms with Crippen LogP contribution >= 0.6 is 0 Å². The van der Waals surface area contributed by atoms with E-state index in [9.17, 15) is 9.59 Å². The lowest BCUT2D eigenvalue weighted by Gasteiger charge is -2.34. The van der Waals surface area contributed by atoms with Gasteiger partial charge in [0.25, 0.3) is 0 Å². The van der Waals surface area contributed by atoms with Crippen molar-refractivity contribution in [2.45, 2.75) is 12.1 Å². The zero-order valence-corrected chi connectivity index (χ0v) is 10.2. The van der Waals surface area contributed by atoms with Crippen molar-refractivity contribution in [1.29, 1.82) is 0 Å². The summed E-state index contributed by atoms with van der Waals surface area (Å²) in [5.74, 6) is -1.14. The maximum absolute atomic E-state index is 11.8. The van der Waals surface area contributed by atoms with E-state index in [0.717, 1.165) is 0 Å². The van der Waals surface area contributed by atoms with Crippen LogP contribution in [-0.4, -0.2) is 79.3 Å². The van der Waals surface area contributed by atoms with E-state index in [-0.39, 0.29) is 19.8 Å². The minimum Gasteiger partial charge on any atom is -0.479 e. The van der Waals surface area contributed by atoms with Crippen LogP contribution in [0.25, 0.3) is 0 Å². The number of nitrogens with one attached hydrogen (secondary N) is 1. The first-order valence-corrected chi connectivity index (χ1v) is 5.58. The normalized spacial score (nSPS) is 21.4. The lowest BCUT2D eigenvalue weighted by molar-refractivity contribution is -0.148. The molecule has 1 aliphatic rings. The molecule has 8 nitrogen and oxygen atoms in total. The monoisotopic (exact) mass is 262 g/mol. The number of carboxylic acids is 1. The molecule has 0 radical (unpaired) electrons. The molecular weight excluding hydrogens is 244 g/mol. The average molecular weight is 262 g/mol. The number of carbonyl (C=O) groups excluding carboxylic acids is 1. The highest BCUT2D eigenvalue weighted by atomic mass is 16.5. The molecule has 1 heterocycles. The molecule has 104 valence electrons. The number of ether oxygens (including phenoxy) is 2. The molecule has 0 saturated carbocycles. The molecule has 0 bridgehead atoms. The van der Waals surface area contributed by atoms with Gasteiger partial charge in [0, 0.05) is 13.7 Å². The van der Waals surface area contributed by atoms with Gasteiger partial charge in [0.15, 0.2) is 6.10 Å². The van der Waals surface area contributed by atoms with Crippen LogP contribution in [0.3, 0.4) is 0 Å². The molecule has 1 fully saturated rings. The Bertz CT molecular complexity index is 298. The Morgan fingerprint density at radius 1 is 1.61 bits per heavy atom. The van der Waals surface area contributed by atoms with E-state index in [4.69, 9.17) is 19.7 Å². The predicted molar refractivity (Wildman–Crippen MR) is 60.2 cm³/mol. The smallest absolute Gasteiger partial charge is 0.334 e. The van der Waals surface area contributed by atoms with Crippen LogP contribution in [0.4, 0.5) is 4.79 Å². The topological polar surface area (TPSA) is 108 Å². The first-order valence-electron chi connectivity index (χ1n) is 5.58. The quantitative estimate of drug-likeness (QED) is 0.556. The number of hydrogen-bond acceptors (Lipinski definition) is 5.